The maximum atomic E-state index is 12.8. The molecule has 0 fully saturated rings. The van der Waals surface area contributed by atoms with E-state index in [9.17, 15) is 4.79 Å². The Morgan fingerprint density at radius 1 is 1.26 bits per heavy atom. The van der Waals surface area contributed by atoms with Crippen LogP contribution in [-0.4, -0.2) is 15.7 Å². The van der Waals surface area contributed by atoms with Crippen LogP contribution in [0.5, 0.6) is 0 Å². The Bertz CT molecular complexity index is 980. The van der Waals surface area contributed by atoms with Crippen LogP contribution in [-0.2, 0) is 13.6 Å². The lowest BCUT2D eigenvalue weighted by molar-refractivity contribution is 0.0939. The number of carbonyl (C=O) groups is 1. The fourth-order valence-electron chi connectivity index (χ4n) is 3.00. The van der Waals surface area contributed by atoms with Gasteiger partial charge in [0.2, 0.25) is 0 Å². The molecule has 6 heteroatoms. The van der Waals surface area contributed by atoms with Crippen molar-refractivity contribution in [2.75, 3.05) is 0 Å². The number of aryl methyl sites for hydroxylation is 2. The molecule has 0 saturated carbocycles. The molecule has 1 unspecified atom stereocenters. The Labute approximate surface area is 167 Å². The van der Waals surface area contributed by atoms with Gasteiger partial charge in [0.05, 0.1) is 12.2 Å². The van der Waals surface area contributed by atoms with Gasteiger partial charge < -0.3 is 11.1 Å². The molecular weight excluding hydrogens is 404 g/mol. The third kappa shape index (κ3) is 4.46. The summed E-state index contributed by atoms with van der Waals surface area (Å²) in [6, 6.07) is 11.7. The molecule has 140 valence electrons. The highest BCUT2D eigenvalue weighted by Gasteiger charge is 2.15. The smallest absolute Gasteiger partial charge is 0.252 e. The van der Waals surface area contributed by atoms with E-state index in [1.54, 1.807) is 4.68 Å². The van der Waals surface area contributed by atoms with E-state index in [4.69, 9.17) is 5.73 Å². The molecule has 5 nitrogen and oxygen atoms in total. The van der Waals surface area contributed by atoms with E-state index in [2.05, 4.69) is 32.4 Å². The van der Waals surface area contributed by atoms with Gasteiger partial charge in [0.15, 0.2) is 0 Å². The molecule has 3 N–H and O–H groups in total. The van der Waals surface area contributed by atoms with Gasteiger partial charge in [0.1, 0.15) is 0 Å². The van der Waals surface area contributed by atoms with E-state index in [0.717, 1.165) is 32.3 Å². The van der Waals surface area contributed by atoms with Gasteiger partial charge in [-0.25, -0.2) is 0 Å². The molecule has 2 aromatic carbocycles. The van der Waals surface area contributed by atoms with Gasteiger partial charge in [-0.3, -0.25) is 9.48 Å². The van der Waals surface area contributed by atoms with Crippen molar-refractivity contribution in [1.82, 2.24) is 15.1 Å². The molecule has 0 aliphatic carbocycles. The highest BCUT2D eigenvalue weighted by atomic mass is 79.9. The largest absolute Gasteiger partial charge is 0.346 e. The summed E-state index contributed by atoms with van der Waals surface area (Å²) in [7, 11) is 1.89. The average molecular weight is 427 g/mol. The van der Waals surface area contributed by atoms with Crippen molar-refractivity contribution in [2.24, 2.45) is 12.8 Å². The molecule has 0 bridgehead atoms. The second kappa shape index (κ2) is 8.06. The van der Waals surface area contributed by atoms with Crippen molar-refractivity contribution >= 4 is 21.8 Å². The normalized spacial score (nSPS) is 12.0. The third-order valence-corrected chi connectivity index (χ3v) is 5.05. The van der Waals surface area contributed by atoms with Crippen molar-refractivity contribution in [1.29, 1.82) is 0 Å². The maximum absolute atomic E-state index is 12.8. The number of halogens is 1. The molecule has 0 aliphatic heterocycles. The number of aromatic nitrogens is 2. The van der Waals surface area contributed by atoms with E-state index >= 15 is 0 Å². The SMILES string of the molecule is Cc1ccc(CN)cc1C(=O)NC(C)c1cc(Br)cc(-c2cnn(C)c2)c1. The Morgan fingerprint density at radius 2 is 2.04 bits per heavy atom. The van der Waals surface area contributed by atoms with Crippen LogP contribution in [0.3, 0.4) is 0 Å². The van der Waals surface area contributed by atoms with Gasteiger partial charge in [0, 0.05) is 35.4 Å². The fourth-order valence-corrected chi connectivity index (χ4v) is 3.51. The average Bonchev–Trinajstić information content (AvgIpc) is 3.08. The predicted octanol–water partition coefficient (Wildman–Crippen LogP) is 4.11. The highest BCUT2D eigenvalue weighted by Crippen LogP contribution is 2.28. The molecule has 3 rings (SSSR count). The van der Waals surface area contributed by atoms with Crippen molar-refractivity contribution in [3.05, 3.63) is 75.5 Å². The van der Waals surface area contributed by atoms with Crippen molar-refractivity contribution in [2.45, 2.75) is 26.4 Å². The summed E-state index contributed by atoms with van der Waals surface area (Å²) in [5.74, 6) is -0.0989. The lowest BCUT2D eigenvalue weighted by atomic mass is 10.0. The quantitative estimate of drug-likeness (QED) is 0.644. The first-order chi connectivity index (χ1) is 12.9. The molecular formula is C21H23BrN4O. The maximum Gasteiger partial charge on any atom is 0.252 e. The zero-order valence-electron chi connectivity index (χ0n) is 15.7. The first kappa shape index (κ1) is 19.3. The van der Waals surface area contributed by atoms with E-state index in [1.165, 1.54) is 0 Å². The summed E-state index contributed by atoms with van der Waals surface area (Å²) in [6.45, 7) is 4.32. The molecule has 1 atom stereocenters. The number of carbonyl (C=O) groups excluding carboxylic acids is 1. The molecule has 0 radical (unpaired) electrons. The van der Waals surface area contributed by atoms with E-state index in [-0.39, 0.29) is 11.9 Å². The molecule has 1 heterocycles. The van der Waals surface area contributed by atoms with Crippen LogP contribution in [0, 0.1) is 6.92 Å². The molecule has 1 aromatic heterocycles. The third-order valence-electron chi connectivity index (χ3n) is 4.59. The van der Waals surface area contributed by atoms with E-state index < -0.39 is 0 Å². The second-order valence-electron chi connectivity index (χ2n) is 6.72. The van der Waals surface area contributed by atoms with Gasteiger partial charge in [-0.1, -0.05) is 28.1 Å². The van der Waals surface area contributed by atoms with Gasteiger partial charge in [0.25, 0.3) is 5.91 Å². The molecule has 0 aliphatic rings. The summed E-state index contributed by atoms with van der Waals surface area (Å²) in [6.07, 6.45) is 3.80. The van der Waals surface area contributed by atoms with Crippen molar-refractivity contribution in [3.8, 4) is 11.1 Å². The summed E-state index contributed by atoms with van der Waals surface area (Å²) < 4.78 is 2.73. The fraction of sp³-hybridized carbons (Fsp3) is 0.238. The predicted molar refractivity (Wildman–Crippen MR) is 111 cm³/mol. The lowest BCUT2D eigenvalue weighted by Gasteiger charge is -2.17. The Morgan fingerprint density at radius 3 is 2.70 bits per heavy atom. The standard InChI is InChI=1S/C21H23BrN4O/c1-13-4-5-15(10-23)6-20(13)21(27)25-14(2)16-7-17(9-19(22)8-16)18-11-24-26(3)12-18/h4-9,11-12,14H,10,23H2,1-3H3,(H,25,27). The minimum Gasteiger partial charge on any atom is -0.346 e. The van der Waals surface area contributed by atoms with Crippen LogP contribution < -0.4 is 11.1 Å². The van der Waals surface area contributed by atoms with E-state index in [1.807, 2.05) is 63.6 Å². The Kier molecular flexibility index (Phi) is 5.77. The topological polar surface area (TPSA) is 72.9 Å². The summed E-state index contributed by atoms with van der Waals surface area (Å²) in [4.78, 5) is 12.8. The van der Waals surface area contributed by atoms with Crippen LogP contribution in [0.2, 0.25) is 0 Å². The van der Waals surface area contributed by atoms with Crippen LogP contribution in [0.4, 0.5) is 0 Å². The van der Waals surface area contributed by atoms with Crippen LogP contribution in [0.15, 0.2) is 53.3 Å². The van der Waals surface area contributed by atoms with E-state index in [0.29, 0.717) is 12.1 Å². The minimum absolute atomic E-state index is 0.0989. The minimum atomic E-state index is -0.147. The zero-order chi connectivity index (χ0) is 19.6. The molecule has 1 amide bonds. The first-order valence-electron chi connectivity index (χ1n) is 8.77. The van der Waals surface area contributed by atoms with Gasteiger partial charge in [-0.05, 0) is 60.4 Å². The van der Waals surface area contributed by atoms with Crippen LogP contribution >= 0.6 is 15.9 Å². The van der Waals surface area contributed by atoms with Crippen molar-refractivity contribution in [3.63, 3.8) is 0 Å². The van der Waals surface area contributed by atoms with Crippen LogP contribution in [0.25, 0.3) is 11.1 Å². The lowest BCUT2D eigenvalue weighted by Crippen LogP contribution is -2.27. The van der Waals surface area contributed by atoms with Crippen LogP contribution in [0.1, 0.15) is 40.0 Å². The number of hydrogen-bond acceptors (Lipinski definition) is 3. The Balaban J connectivity index is 1.85. The number of amides is 1. The van der Waals surface area contributed by atoms with Crippen molar-refractivity contribution < 1.29 is 4.79 Å². The second-order valence-corrected chi connectivity index (χ2v) is 7.64. The molecule has 3 aromatic rings. The number of nitrogens with one attached hydrogen (secondary N) is 1. The molecule has 0 saturated heterocycles. The number of nitrogens with two attached hydrogens (primary N) is 1. The van der Waals surface area contributed by atoms with Gasteiger partial charge in [-0.15, -0.1) is 0 Å². The Hall–Kier alpha value is -2.44. The number of rotatable bonds is 5. The molecule has 0 spiro atoms. The highest BCUT2D eigenvalue weighted by molar-refractivity contribution is 9.10. The summed E-state index contributed by atoms with van der Waals surface area (Å²) in [5, 5.41) is 7.33. The summed E-state index contributed by atoms with van der Waals surface area (Å²) >= 11 is 3.57. The van der Waals surface area contributed by atoms with Gasteiger partial charge >= 0.3 is 0 Å². The monoisotopic (exact) mass is 426 g/mol. The zero-order valence-corrected chi connectivity index (χ0v) is 17.2. The number of hydrogen-bond donors (Lipinski definition) is 2. The summed E-state index contributed by atoms with van der Waals surface area (Å²) in [5.41, 5.74) is 11.3. The molecule has 27 heavy (non-hydrogen) atoms. The number of benzene rings is 2. The first-order valence-corrected chi connectivity index (χ1v) is 9.56. The van der Waals surface area contributed by atoms with Gasteiger partial charge in [-0.2, -0.15) is 5.10 Å². The number of nitrogens with zero attached hydrogens (tertiary/aromatic N) is 2.